The normalized spacial score (nSPS) is 12.5. The number of nitro benzene ring substituents is 1. The number of carbonyl (C=O) groups is 2. The van der Waals surface area contributed by atoms with Crippen LogP contribution >= 0.6 is 17.8 Å². The van der Waals surface area contributed by atoms with Gasteiger partial charge in [0.1, 0.15) is 11.1 Å². The fourth-order valence-electron chi connectivity index (χ4n) is 5.43. The van der Waals surface area contributed by atoms with Crippen molar-refractivity contribution in [2.75, 3.05) is 20.0 Å². The monoisotopic (exact) mass is 1080 g/mol. The molecule has 2 heterocycles. The maximum absolute atomic E-state index is 13.7. The van der Waals surface area contributed by atoms with E-state index in [0.29, 0.717) is 7.05 Å². The van der Waals surface area contributed by atoms with Gasteiger partial charge in [-0.1, -0.05) is 12.1 Å². The molecular weight excluding hydrogens is 1060 g/mol. The minimum atomic E-state index is -6.38. The second kappa shape index (κ2) is 20.0. The number of Topliss-reactive ketones (excluding diaryl/α,β-unsaturated/α-hetero) is 2. The molecule has 4 aromatic rings. The zero-order valence-corrected chi connectivity index (χ0v) is 35.8. The maximum atomic E-state index is 13.7. The Labute approximate surface area is 359 Å². The van der Waals surface area contributed by atoms with Gasteiger partial charge in [0.15, 0.2) is 28.7 Å². The van der Waals surface area contributed by atoms with E-state index in [1.54, 1.807) is 0 Å². The first-order valence-corrected chi connectivity index (χ1v) is 23.2. The summed E-state index contributed by atoms with van der Waals surface area (Å²) < 4.78 is 221. The number of halogens is 18. The summed E-state index contributed by atoms with van der Waals surface area (Å²) in [5, 5.41) is 16.4. The first kappa shape index (κ1) is 54.4. The molecule has 0 saturated heterocycles. The van der Waals surface area contributed by atoms with Crippen molar-refractivity contribution >= 4 is 59.7 Å². The molecule has 4 rings (SSSR count). The first-order valence-electron chi connectivity index (χ1n) is 16.0. The number of hydrogen-bond acceptors (Lipinski definition) is 9. The molecule has 0 amide bonds. The summed E-state index contributed by atoms with van der Waals surface area (Å²) in [7, 11) is 13.3. The molecule has 0 unspecified atom stereocenters. The SMILES string of the molecule is COc1c(C(=O)Cc2c(C(F)(F)F)c(C(F)(F)C(F)(F)F)nn2C)cccc1[N+](=O)[O-].COc1c(N)cccc1C(=O)Cc1c(C(F)(F)F)c(C(F)(F)C(F)(F)F)nn1C.[Cl][Sn][Cl]. The number of aryl methyl sites for hydroxylation is 2. The molecule has 0 aliphatic carbocycles. The number of alkyl halides is 16. The van der Waals surface area contributed by atoms with Crippen molar-refractivity contribution in [2.24, 2.45) is 14.1 Å². The standard InChI is InChI=1S/C16H11F8N3O4.C16H13F8N3O2.2ClH.Sn/c1-26-9(6-10(28)7-4-3-5-8(27(29)30)12(7)31-2)11(15(19,20)21)13(25-26)14(17,18)16(22,23)24;1-27-9(6-10(28)7-4-3-5-8(25)12(7)29-2)11(15(19,20)21)13(26-27)14(17,18)16(22,23)24;;;/h3-5H,6H2,1-2H3;3-5H,6,25H2,1-2H3;2*1H;/q;;;;+2/p-2. The summed E-state index contributed by atoms with van der Waals surface area (Å²) in [5.74, 6) is -14.9. The number of nitro groups is 1. The number of carbonyl (C=O) groups excluding carboxylic acids is 2. The number of rotatable bonds is 11. The van der Waals surface area contributed by atoms with Crippen molar-refractivity contribution in [3.8, 4) is 11.5 Å². The van der Waals surface area contributed by atoms with E-state index in [1.807, 2.05) is 0 Å². The zero-order chi connectivity index (χ0) is 49.0. The molecule has 63 heavy (non-hydrogen) atoms. The van der Waals surface area contributed by atoms with E-state index in [2.05, 4.69) is 10.2 Å². The third-order valence-corrected chi connectivity index (χ3v) is 8.11. The molecule has 2 aromatic heterocycles. The predicted molar refractivity (Wildman–Crippen MR) is 187 cm³/mol. The van der Waals surface area contributed by atoms with E-state index in [9.17, 15) is 90.0 Å². The number of ether oxygens (including phenoxy) is 2. The van der Waals surface area contributed by atoms with Crippen molar-refractivity contribution in [2.45, 2.75) is 49.4 Å². The Balaban J connectivity index is 0.000000409. The molecule has 0 atom stereocenters. The van der Waals surface area contributed by atoms with Gasteiger partial charge >= 0.3 is 79.0 Å². The van der Waals surface area contributed by atoms with E-state index in [-0.39, 0.29) is 26.4 Å². The van der Waals surface area contributed by atoms with Crippen LogP contribution in [0.4, 0.5) is 81.6 Å². The van der Waals surface area contributed by atoms with Crippen LogP contribution in [0.5, 0.6) is 11.5 Å². The zero-order valence-electron chi connectivity index (χ0n) is 31.4. The Morgan fingerprint density at radius 2 is 1.02 bits per heavy atom. The van der Waals surface area contributed by atoms with Gasteiger partial charge in [-0.05, 0) is 18.2 Å². The fourth-order valence-corrected chi connectivity index (χ4v) is 5.43. The van der Waals surface area contributed by atoms with Gasteiger partial charge in [-0.25, -0.2) is 0 Å². The second-order valence-corrected chi connectivity index (χ2v) is 16.3. The number of anilines is 1. The van der Waals surface area contributed by atoms with Gasteiger partial charge in [-0.2, -0.15) is 80.4 Å². The van der Waals surface area contributed by atoms with E-state index >= 15 is 0 Å². The average Bonchev–Trinajstić information content (AvgIpc) is 3.67. The van der Waals surface area contributed by atoms with Crippen LogP contribution in [0, 0.1) is 10.1 Å². The Bertz CT molecular complexity index is 2310. The first-order chi connectivity index (χ1) is 28.6. The van der Waals surface area contributed by atoms with E-state index < -0.39 is 136 Å². The van der Waals surface area contributed by atoms with Crippen molar-refractivity contribution < 1.29 is 94.2 Å². The van der Waals surface area contributed by atoms with Gasteiger partial charge in [0, 0.05) is 20.2 Å². The number of aromatic nitrogens is 4. The van der Waals surface area contributed by atoms with Crippen LogP contribution in [0.3, 0.4) is 0 Å². The number of nitrogens with zero attached hydrogens (tertiary/aromatic N) is 5. The third-order valence-electron chi connectivity index (χ3n) is 8.11. The fraction of sp³-hybridized carbons (Fsp3) is 0.375. The van der Waals surface area contributed by atoms with Gasteiger partial charge in [0.25, 0.3) is 0 Å². The summed E-state index contributed by atoms with van der Waals surface area (Å²) in [5.41, 5.74) is -8.30. The summed E-state index contributed by atoms with van der Waals surface area (Å²) in [6.07, 6.45) is -26.6. The van der Waals surface area contributed by atoms with Crippen LogP contribution in [-0.4, -0.2) is 81.5 Å². The molecule has 0 spiro atoms. The van der Waals surface area contributed by atoms with Crippen LogP contribution in [0.2, 0.25) is 0 Å². The van der Waals surface area contributed by atoms with Crippen molar-refractivity contribution in [1.82, 2.24) is 19.6 Å². The Morgan fingerprint density at radius 1 is 0.683 bits per heavy atom. The molecule has 0 aliphatic rings. The number of nitrogen functional groups attached to an aromatic ring is 1. The molecule has 0 saturated carbocycles. The summed E-state index contributed by atoms with van der Waals surface area (Å²) in [6.45, 7) is 0. The van der Waals surface area contributed by atoms with Crippen molar-refractivity contribution in [3.63, 3.8) is 0 Å². The average molecular weight is 1080 g/mol. The molecule has 2 aromatic carbocycles. The number of nitrogens with two attached hydrogens (primary N) is 1. The number of ketones is 2. The summed E-state index contributed by atoms with van der Waals surface area (Å²) in [6, 6.07) is 6.70. The molecule has 0 fully saturated rings. The molecule has 2 N–H and O–H groups in total. The molecule has 2 radical (unpaired) electrons. The van der Waals surface area contributed by atoms with Gasteiger partial charge in [0.2, 0.25) is 5.75 Å². The van der Waals surface area contributed by atoms with Gasteiger partial charge < -0.3 is 15.2 Å². The Morgan fingerprint density at radius 3 is 1.32 bits per heavy atom. The van der Waals surface area contributed by atoms with Gasteiger partial charge in [-0.3, -0.25) is 29.1 Å². The Kier molecular flexibility index (Phi) is 17.2. The molecule has 0 aliphatic heterocycles. The topological polar surface area (TPSA) is 157 Å². The van der Waals surface area contributed by atoms with Crippen LogP contribution in [0.15, 0.2) is 36.4 Å². The third kappa shape index (κ3) is 11.9. The van der Waals surface area contributed by atoms with Crippen LogP contribution < -0.4 is 15.2 Å². The second-order valence-electron chi connectivity index (χ2n) is 12.0. The predicted octanol–water partition coefficient (Wildman–Crippen LogP) is 9.54. The van der Waals surface area contributed by atoms with E-state index in [0.717, 1.165) is 45.5 Å². The Hall–Kier alpha value is -4.74. The molecule has 0 bridgehead atoms. The number of hydrogen-bond donors (Lipinski definition) is 1. The van der Waals surface area contributed by atoms with E-state index in [4.69, 9.17) is 33.0 Å². The minimum absolute atomic E-state index is 0.0244. The number of benzene rings is 2. The summed E-state index contributed by atoms with van der Waals surface area (Å²) >= 11 is -0.826. The van der Waals surface area contributed by atoms with Crippen molar-refractivity contribution in [1.29, 1.82) is 0 Å². The molecule has 31 heteroatoms. The van der Waals surface area contributed by atoms with Gasteiger partial charge in [-0.15, -0.1) is 0 Å². The quantitative estimate of drug-likeness (QED) is 0.0386. The van der Waals surface area contributed by atoms with Crippen LogP contribution in [0.25, 0.3) is 0 Å². The number of para-hydroxylation sites is 2. The van der Waals surface area contributed by atoms with Gasteiger partial charge in [0.05, 0.1) is 60.2 Å². The molecule has 348 valence electrons. The number of methoxy groups -OCH3 is 2. The summed E-state index contributed by atoms with van der Waals surface area (Å²) in [4.78, 5) is 35.1. The van der Waals surface area contributed by atoms with Crippen molar-refractivity contribution in [3.05, 3.63) is 91.5 Å². The van der Waals surface area contributed by atoms with E-state index in [1.165, 1.54) is 12.1 Å². The molecular formula is C32H24Cl2F16N6O6Sn. The van der Waals surface area contributed by atoms with Crippen LogP contribution in [-0.2, 0) is 51.1 Å². The van der Waals surface area contributed by atoms with Crippen LogP contribution in [0.1, 0.15) is 54.6 Å². The molecule has 12 nitrogen and oxygen atoms in total.